The van der Waals surface area contributed by atoms with Gasteiger partial charge in [0.25, 0.3) is 0 Å². The predicted molar refractivity (Wildman–Crippen MR) is 95.2 cm³/mol. The van der Waals surface area contributed by atoms with E-state index < -0.39 is 9.84 Å². The van der Waals surface area contributed by atoms with E-state index in [-0.39, 0.29) is 46.9 Å². The first-order chi connectivity index (χ1) is 11.2. The summed E-state index contributed by atoms with van der Waals surface area (Å²) in [5.41, 5.74) is 11.2. The van der Waals surface area contributed by atoms with Gasteiger partial charge in [0.05, 0.1) is 17.3 Å². The van der Waals surface area contributed by atoms with Crippen LogP contribution in [-0.4, -0.2) is 58.5 Å². The molecule has 10 heteroatoms. The van der Waals surface area contributed by atoms with Crippen molar-refractivity contribution in [3.05, 3.63) is 6.07 Å². The molecule has 8 nitrogen and oxygen atoms in total. The van der Waals surface area contributed by atoms with E-state index in [4.69, 9.17) is 11.5 Å². The first kappa shape index (κ1) is 18.8. The molecule has 0 aliphatic carbocycles. The van der Waals surface area contributed by atoms with Crippen LogP contribution in [0.1, 0.15) is 26.7 Å². The Morgan fingerprint density at radius 1 is 1.42 bits per heavy atom. The first-order valence-electron chi connectivity index (χ1n) is 7.76. The third kappa shape index (κ3) is 4.73. The predicted octanol–water partition coefficient (Wildman–Crippen LogP) is 0.547. The zero-order valence-electron chi connectivity index (χ0n) is 13.8. The summed E-state index contributed by atoms with van der Waals surface area (Å²) in [7, 11) is -3.05. The van der Waals surface area contributed by atoms with Gasteiger partial charge in [-0.2, -0.15) is 0 Å². The van der Waals surface area contributed by atoms with Gasteiger partial charge < -0.3 is 16.4 Å². The highest BCUT2D eigenvalue weighted by atomic mass is 32.2. The molecular weight excluding hydrogens is 350 g/mol. The summed E-state index contributed by atoms with van der Waals surface area (Å²) >= 11 is 1.15. The van der Waals surface area contributed by atoms with E-state index in [2.05, 4.69) is 9.97 Å². The Bertz CT molecular complexity index is 690. The molecule has 0 radical (unpaired) electrons. The highest BCUT2D eigenvalue weighted by Gasteiger charge is 2.36. The van der Waals surface area contributed by atoms with Crippen LogP contribution in [0.25, 0.3) is 0 Å². The van der Waals surface area contributed by atoms with E-state index in [1.165, 1.54) is 6.07 Å². The monoisotopic (exact) mass is 373 g/mol. The van der Waals surface area contributed by atoms with Crippen molar-refractivity contribution in [1.82, 2.24) is 14.9 Å². The van der Waals surface area contributed by atoms with E-state index in [1.807, 2.05) is 13.8 Å². The van der Waals surface area contributed by atoms with Crippen molar-refractivity contribution < 1.29 is 13.2 Å². The van der Waals surface area contributed by atoms with Crippen molar-refractivity contribution in [2.75, 3.05) is 28.7 Å². The minimum atomic E-state index is -3.05. The van der Waals surface area contributed by atoms with Gasteiger partial charge >= 0.3 is 0 Å². The molecule has 1 amide bonds. The number of thioether (sulfide) groups is 1. The zero-order valence-corrected chi connectivity index (χ0v) is 15.4. The average molecular weight is 374 g/mol. The Morgan fingerprint density at radius 2 is 2.04 bits per heavy atom. The molecule has 0 bridgehead atoms. The Labute approximate surface area is 146 Å². The number of nitrogens with zero attached hydrogens (tertiary/aromatic N) is 3. The van der Waals surface area contributed by atoms with Crippen molar-refractivity contribution in [3.8, 4) is 0 Å². The van der Waals surface area contributed by atoms with Crippen LogP contribution in [0.15, 0.2) is 11.2 Å². The topological polar surface area (TPSA) is 132 Å². The maximum atomic E-state index is 12.7. The molecule has 0 unspecified atom stereocenters. The van der Waals surface area contributed by atoms with Gasteiger partial charge in [0, 0.05) is 18.2 Å². The SMILES string of the molecule is CC[C@H](C)N(C(=O)CSc1nc(N)cc(N)n1)[C@H]1CCS(=O)(=O)C1. The minimum Gasteiger partial charge on any atom is -0.383 e. The van der Waals surface area contributed by atoms with Gasteiger partial charge in [0.15, 0.2) is 15.0 Å². The van der Waals surface area contributed by atoms with E-state index in [0.29, 0.717) is 11.6 Å². The summed E-state index contributed by atoms with van der Waals surface area (Å²) in [6.45, 7) is 3.91. The molecule has 24 heavy (non-hydrogen) atoms. The van der Waals surface area contributed by atoms with Gasteiger partial charge in [-0.1, -0.05) is 18.7 Å². The standard InChI is InChI=1S/C14H23N5O3S2/c1-3-9(2)19(10-4-5-24(21,22)8-10)13(20)7-23-14-17-11(15)6-12(16)18-14/h6,9-10H,3-5,7-8H2,1-2H3,(H4,15,16,17,18)/t9-,10-/m0/s1. The second kappa shape index (κ2) is 7.56. The quantitative estimate of drug-likeness (QED) is 0.545. The molecule has 0 aromatic carbocycles. The van der Waals surface area contributed by atoms with Gasteiger partial charge in [-0.15, -0.1) is 0 Å². The number of anilines is 2. The Kier molecular flexibility index (Phi) is 5.92. The highest BCUT2D eigenvalue weighted by Crippen LogP contribution is 2.24. The van der Waals surface area contributed by atoms with Crippen LogP contribution in [-0.2, 0) is 14.6 Å². The van der Waals surface area contributed by atoms with Gasteiger partial charge in [0.2, 0.25) is 5.91 Å². The van der Waals surface area contributed by atoms with E-state index in [0.717, 1.165) is 18.2 Å². The molecule has 0 spiro atoms. The van der Waals surface area contributed by atoms with Gasteiger partial charge in [-0.3, -0.25) is 4.79 Å². The number of carbonyl (C=O) groups excluding carboxylic acids is 1. The zero-order chi connectivity index (χ0) is 17.9. The molecule has 1 saturated heterocycles. The maximum Gasteiger partial charge on any atom is 0.233 e. The molecular formula is C14H23N5O3S2. The van der Waals surface area contributed by atoms with E-state index in [9.17, 15) is 13.2 Å². The Balaban J connectivity index is 2.08. The fourth-order valence-corrected chi connectivity index (χ4v) is 5.18. The number of amides is 1. The fraction of sp³-hybridized carbons (Fsp3) is 0.643. The maximum absolute atomic E-state index is 12.7. The van der Waals surface area contributed by atoms with Crippen molar-refractivity contribution in [1.29, 1.82) is 0 Å². The van der Waals surface area contributed by atoms with Gasteiger partial charge in [0.1, 0.15) is 11.6 Å². The highest BCUT2D eigenvalue weighted by molar-refractivity contribution is 7.99. The van der Waals surface area contributed by atoms with Crippen LogP contribution in [0.4, 0.5) is 11.6 Å². The van der Waals surface area contributed by atoms with E-state index in [1.54, 1.807) is 4.90 Å². The molecule has 2 rings (SSSR count). The molecule has 2 atom stereocenters. The number of hydrogen-bond acceptors (Lipinski definition) is 8. The number of hydrogen-bond donors (Lipinski definition) is 2. The van der Waals surface area contributed by atoms with Crippen LogP contribution < -0.4 is 11.5 Å². The number of nitrogen functional groups attached to an aromatic ring is 2. The molecule has 1 fully saturated rings. The number of carbonyl (C=O) groups is 1. The molecule has 0 saturated carbocycles. The lowest BCUT2D eigenvalue weighted by atomic mass is 10.1. The lowest BCUT2D eigenvalue weighted by Gasteiger charge is -2.33. The van der Waals surface area contributed by atoms with Crippen LogP contribution in [0.3, 0.4) is 0 Å². The van der Waals surface area contributed by atoms with E-state index >= 15 is 0 Å². The number of rotatable bonds is 6. The van der Waals surface area contributed by atoms with Crippen LogP contribution in [0.2, 0.25) is 0 Å². The number of nitrogens with two attached hydrogens (primary N) is 2. The molecule has 1 aromatic heterocycles. The second-order valence-corrected chi connectivity index (χ2v) is 9.08. The van der Waals surface area contributed by atoms with Crippen molar-refractivity contribution in [2.24, 2.45) is 0 Å². The number of aromatic nitrogens is 2. The van der Waals surface area contributed by atoms with Gasteiger partial charge in [-0.25, -0.2) is 18.4 Å². The molecule has 2 heterocycles. The molecule has 4 N–H and O–H groups in total. The summed E-state index contributed by atoms with van der Waals surface area (Å²) in [5, 5.41) is 0.337. The summed E-state index contributed by atoms with van der Waals surface area (Å²) < 4.78 is 23.5. The minimum absolute atomic E-state index is 0.0248. The molecule has 134 valence electrons. The van der Waals surface area contributed by atoms with Crippen molar-refractivity contribution >= 4 is 39.1 Å². The van der Waals surface area contributed by atoms with Crippen molar-refractivity contribution in [2.45, 2.75) is 43.9 Å². The van der Waals surface area contributed by atoms with Crippen LogP contribution in [0, 0.1) is 0 Å². The Hall–Kier alpha value is -1.55. The van der Waals surface area contributed by atoms with Crippen molar-refractivity contribution in [3.63, 3.8) is 0 Å². The second-order valence-electron chi connectivity index (χ2n) is 5.90. The largest absolute Gasteiger partial charge is 0.383 e. The normalized spacial score (nSPS) is 20.7. The third-order valence-corrected chi connectivity index (χ3v) is 6.61. The molecule has 1 aliphatic heterocycles. The van der Waals surface area contributed by atoms with Crippen LogP contribution in [0.5, 0.6) is 0 Å². The lowest BCUT2D eigenvalue weighted by Crippen LogP contribution is -2.47. The number of sulfone groups is 1. The smallest absolute Gasteiger partial charge is 0.233 e. The molecule has 1 aromatic rings. The lowest BCUT2D eigenvalue weighted by molar-refractivity contribution is -0.132. The summed E-state index contributed by atoms with van der Waals surface area (Å²) in [5.74, 6) is 0.663. The fourth-order valence-electron chi connectivity index (χ4n) is 2.73. The van der Waals surface area contributed by atoms with Gasteiger partial charge in [-0.05, 0) is 19.8 Å². The Morgan fingerprint density at radius 3 is 2.54 bits per heavy atom. The van der Waals surface area contributed by atoms with Crippen LogP contribution >= 0.6 is 11.8 Å². The summed E-state index contributed by atoms with van der Waals surface area (Å²) in [6, 6.07) is 1.16. The average Bonchev–Trinajstić information content (AvgIpc) is 2.84. The third-order valence-electron chi connectivity index (χ3n) is 4.03. The molecule has 1 aliphatic rings. The summed E-state index contributed by atoms with van der Waals surface area (Å²) in [6.07, 6.45) is 1.25. The summed E-state index contributed by atoms with van der Waals surface area (Å²) in [4.78, 5) is 22.4. The first-order valence-corrected chi connectivity index (χ1v) is 10.6.